The smallest absolute Gasteiger partial charge is 0.153 e. The molecule has 1 spiro atoms. The van der Waals surface area contributed by atoms with E-state index in [1.807, 2.05) is 19.2 Å². The van der Waals surface area contributed by atoms with Crippen molar-refractivity contribution in [2.75, 3.05) is 18.0 Å². The summed E-state index contributed by atoms with van der Waals surface area (Å²) in [6.07, 6.45) is 8.03. The van der Waals surface area contributed by atoms with Gasteiger partial charge >= 0.3 is 0 Å². The van der Waals surface area contributed by atoms with Crippen LogP contribution in [0, 0.1) is 19.3 Å². The Bertz CT molecular complexity index is 1180. The van der Waals surface area contributed by atoms with Crippen molar-refractivity contribution >= 4 is 17.4 Å². The molecule has 166 valence electrons. The molecule has 4 heterocycles. The first-order chi connectivity index (χ1) is 15.4. The van der Waals surface area contributed by atoms with Crippen molar-refractivity contribution < 1.29 is 5.11 Å². The number of piperidine rings is 1. The lowest BCUT2D eigenvalue weighted by Gasteiger charge is -2.42. The molecule has 1 saturated heterocycles. The van der Waals surface area contributed by atoms with E-state index in [4.69, 9.17) is 27.3 Å². The maximum Gasteiger partial charge on any atom is 0.153 e. The van der Waals surface area contributed by atoms with Gasteiger partial charge < -0.3 is 15.7 Å². The van der Waals surface area contributed by atoms with Crippen LogP contribution in [0.4, 0.5) is 5.82 Å². The van der Waals surface area contributed by atoms with E-state index in [2.05, 4.69) is 27.9 Å². The fourth-order valence-corrected chi connectivity index (χ4v) is 5.39. The van der Waals surface area contributed by atoms with Crippen molar-refractivity contribution in [1.82, 2.24) is 19.9 Å². The molecule has 3 N–H and O–H groups in total. The molecule has 2 aliphatic rings. The lowest BCUT2D eigenvalue weighted by Crippen LogP contribution is -2.45. The van der Waals surface area contributed by atoms with Gasteiger partial charge in [-0.1, -0.05) is 17.7 Å². The Morgan fingerprint density at radius 1 is 1.22 bits per heavy atom. The number of aromatic nitrogens is 4. The summed E-state index contributed by atoms with van der Waals surface area (Å²) in [7, 11) is 0. The summed E-state index contributed by atoms with van der Waals surface area (Å²) in [5.74, 6) is 0.742. The zero-order valence-corrected chi connectivity index (χ0v) is 19.1. The lowest BCUT2D eigenvalue weighted by atomic mass is 9.73. The number of fused-ring (bicyclic) bond motifs is 1. The minimum absolute atomic E-state index is 0.00777. The van der Waals surface area contributed by atoms with Crippen LogP contribution in [0.3, 0.4) is 0 Å². The van der Waals surface area contributed by atoms with E-state index in [1.54, 1.807) is 12.4 Å². The number of aliphatic hydroxyl groups is 1. The zero-order chi connectivity index (χ0) is 22.5. The van der Waals surface area contributed by atoms with Crippen LogP contribution in [0.5, 0.6) is 0 Å². The van der Waals surface area contributed by atoms with Crippen LogP contribution in [-0.4, -0.2) is 38.1 Å². The molecule has 0 unspecified atom stereocenters. The Labute approximate surface area is 192 Å². The first kappa shape index (κ1) is 21.2. The van der Waals surface area contributed by atoms with Gasteiger partial charge in [0, 0.05) is 49.0 Å². The van der Waals surface area contributed by atoms with Gasteiger partial charge in [0.05, 0.1) is 23.0 Å². The van der Waals surface area contributed by atoms with Crippen LogP contribution in [0.2, 0.25) is 5.02 Å². The maximum absolute atomic E-state index is 10.1. The van der Waals surface area contributed by atoms with Gasteiger partial charge in [0.25, 0.3) is 0 Å². The molecule has 0 radical (unpaired) electrons. The molecule has 0 aromatic carbocycles. The zero-order valence-electron chi connectivity index (χ0n) is 18.3. The van der Waals surface area contributed by atoms with Crippen LogP contribution in [0.25, 0.3) is 11.3 Å². The summed E-state index contributed by atoms with van der Waals surface area (Å²) in [6.45, 7) is 5.43. The minimum atomic E-state index is -0.186. The van der Waals surface area contributed by atoms with Gasteiger partial charge in [-0.05, 0) is 55.7 Å². The summed E-state index contributed by atoms with van der Waals surface area (Å²) >= 11 is 6.33. The van der Waals surface area contributed by atoms with Crippen molar-refractivity contribution in [2.45, 2.75) is 45.8 Å². The van der Waals surface area contributed by atoms with Gasteiger partial charge in [0.15, 0.2) is 5.82 Å². The summed E-state index contributed by atoms with van der Waals surface area (Å²) in [5.41, 5.74) is 13.0. The average Bonchev–Trinajstić information content (AvgIpc) is 3.06. The van der Waals surface area contributed by atoms with E-state index >= 15 is 0 Å². The molecule has 7 nitrogen and oxygen atoms in total. The number of anilines is 1. The SMILES string of the molecule is Cc1cnc2c(c1)[C@@H](N)C1(CCN(c3nc(C)c(-c4ccncc4Cl)nc3CO)CC1)C2. The molecular formula is C24H27ClN6O. The lowest BCUT2D eigenvalue weighted by molar-refractivity contribution is 0.186. The Balaban J connectivity index is 1.41. The van der Waals surface area contributed by atoms with Gasteiger partial charge in [-0.25, -0.2) is 9.97 Å². The van der Waals surface area contributed by atoms with Crippen molar-refractivity contribution in [3.63, 3.8) is 0 Å². The number of pyridine rings is 2. The average molecular weight is 451 g/mol. The standard InChI is InChI=1S/C24H27ClN6O/c1-14-9-17-19(28-11-14)10-24(22(17)26)4-7-31(8-5-24)23-20(13-32)30-21(15(2)29-23)16-3-6-27-12-18(16)25/h3,6,9,11-12,22,32H,4-5,7-8,10,13,26H2,1-2H3/t22-/m1/s1. The van der Waals surface area contributed by atoms with Crippen LogP contribution in [0.15, 0.2) is 30.7 Å². The number of aliphatic hydroxyl groups excluding tert-OH is 1. The fraction of sp³-hybridized carbons (Fsp3) is 0.417. The normalized spacial score (nSPS) is 19.4. The molecule has 5 rings (SSSR count). The summed E-state index contributed by atoms with van der Waals surface area (Å²) in [5, 5.41) is 10.6. The van der Waals surface area contributed by atoms with Crippen molar-refractivity contribution in [3.05, 3.63) is 64.0 Å². The van der Waals surface area contributed by atoms with Crippen LogP contribution < -0.4 is 10.6 Å². The molecular weight excluding hydrogens is 424 g/mol. The van der Waals surface area contributed by atoms with E-state index < -0.39 is 0 Å². The molecule has 1 atom stereocenters. The fourth-order valence-electron chi connectivity index (χ4n) is 5.19. The Kier molecular flexibility index (Phi) is 5.35. The quantitative estimate of drug-likeness (QED) is 0.629. The van der Waals surface area contributed by atoms with Crippen LogP contribution in [0.1, 0.15) is 47.1 Å². The Morgan fingerprint density at radius 2 is 2.00 bits per heavy atom. The third-order valence-electron chi connectivity index (χ3n) is 7.01. The Morgan fingerprint density at radius 3 is 2.72 bits per heavy atom. The third-order valence-corrected chi connectivity index (χ3v) is 7.31. The van der Waals surface area contributed by atoms with E-state index in [0.717, 1.165) is 60.7 Å². The molecule has 0 amide bonds. The van der Waals surface area contributed by atoms with Gasteiger partial charge in [-0.3, -0.25) is 9.97 Å². The molecule has 1 aliphatic carbocycles. The van der Waals surface area contributed by atoms with Gasteiger partial charge in [-0.15, -0.1) is 0 Å². The largest absolute Gasteiger partial charge is 0.390 e. The monoisotopic (exact) mass is 450 g/mol. The van der Waals surface area contributed by atoms with Crippen molar-refractivity contribution in [3.8, 4) is 11.3 Å². The summed E-state index contributed by atoms with van der Waals surface area (Å²) in [6, 6.07) is 4.02. The van der Waals surface area contributed by atoms with Crippen LogP contribution in [-0.2, 0) is 13.0 Å². The molecule has 0 bridgehead atoms. The molecule has 3 aromatic heterocycles. The van der Waals surface area contributed by atoms with E-state index in [9.17, 15) is 5.11 Å². The number of rotatable bonds is 3. The number of halogens is 1. The minimum Gasteiger partial charge on any atom is -0.390 e. The predicted molar refractivity (Wildman–Crippen MR) is 124 cm³/mol. The van der Waals surface area contributed by atoms with E-state index in [-0.39, 0.29) is 18.1 Å². The predicted octanol–water partition coefficient (Wildman–Crippen LogP) is 3.54. The topological polar surface area (TPSA) is 101 Å². The second-order valence-corrected chi connectivity index (χ2v) is 9.40. The number of nitrogens with zero attached hydrogens (tertiary/aromatic N) is 5. The molecule has 1 aliphatic heterocycles. The van der Waals surface area contributed by atoms with E-state index in [1.165, 1.54) is 5.56 Å². The summed E-state index contributed by atoms with van der Waals surface area (Å²) < 4.78 is 0. The van der Waals surface area contributed by atoms with Gasteiger partial charge in [0.2, 0.25) is 0 Å². The highest BCUT2D eigenvalue weighted by molar-refractivity contribution is 6.33. The Hall–Kier alpha value is -2.61. The molecule has 8 heteroatoms. The first-order valence-electron chi connectivity index (χ1n) is 11.0. The first-order valence-corrected chi connectivity index (χ1v) is 11.3. The second-order valence-electron chi connectivity index (χ2n) is 8.99. The number of nitrogens with two attached hydrogens (primary N) is 1. The third kappa shape index (κ3) is 3.45. The van der Waals surface area contributed by atoms with Gasteiger partial charge in [-0.2, -0.15) is 0 Å². The molecule has 3 aromatic rings. The highest BCUT2D eigenvalue weighted by Crippen LogP contribution is 2.50. The molecule has 32 heavy (non-hydrogen) atoms. The second kappa shape index (κ2) is 8.06. The number of hydrogen-bond donors (Lipinski definition) is 2. The van der Waals surface area contributed by atoms with Crippen molar-refractivity contribution in [2.24, 2.45) is 11.1 Å². The number of aryl methyl sites for hydroxylation is 2. The maximum atomic E-state index is 10.1. The highest BCUT2D eigenvalue weighted by Gasteiger charge is 2.47. The van der Waals surface area contributed by atoms with Gasteiger partial charge in [0.1, 0.15) is 5.69 Å². The highest BCUT2D eigenvalue weighted by atomic mass is 35.5. The molecule has 1 fully saturated rings. The number of hydrogen-bond acceptors (Lipinski definition) is 7. The van der Waals surface area contributed by atoms with Crippen LogP contribution >= 0.6 is 11.6 Å². The van der Waals surface area contributed by atoms with E-state index in [0.29, 0.717) is 16.4 Å². The summed E-state index contributed by atoms with van der Waals surface area (Å²) in [4.78, 5) is 20.5. The van der Waals surface area contributed by atoms with Crippen molar-refractivity contribution in [1.29, 1.82) is 0 Å². The molecule has 0 saturated carbocycles.